The zero-order valence-corrected chi connectivity index (χ0v) is 16.2. The number of para-hydroxylation sites is 1. The molecule has 2 aromatic carbocycles. The van der Waals surface area contributed by atoms with Crippen molar-refractivity contribution >= 4 is 5.91 Å². The fraction of sp³-hybridized carbons (Fsp3) is 0.409. The van der Waals surface area contributed by atoms with Gasteiger partial charge in [0.2, 0.25) is 0 Å². The van der Waals surface area contributed by atoms with E-state index in [1.165, 1.54) is 12.1 Å². The molecule has 0 aliphatic carbocycles. The van der Waals surface area contributed by atoms with Crippen LogP contribution in [0.5, 0.6) is 11.5 Å². The zero-order valence-electron chi connectivity index (χ0n) is 16.2. The van der Waals surface area contributed by atoms with E-state index in [2.05, 4.69) is 5.32 Å². The number of benzene rings is 2. The summed E-state index contributed by atoms with van der Waals surface area (Å²) < 4.78 is 24.9. The number of aryl methyl sites for hydroxylation is 1. The molecule has 4 nitrogen and oxygen atoms in total. The third-order valence-corrected chi connectivity index (χ3v) is 3.98. The highest BCUT2D eigenvalue weighted by atomic mass is 19.1. The maximum absolute atomic E-state index is 13.7. The van der Waals surface area contributed by atoms with E-state index in [0.717, 1.165) is 24.2 Å². The molecule has 27 heavy (non-hydrogen) atoms. The molecular weight excluding hydrogens is 345 g/mol. The van der Waals surface area contributed by atoms with Crippen molar-refractivity contribution in [2.75, 3.05) is 6.54 Å². The van der Waals surface area contributed by atoms with Gasteiger partial charge in [0, 0.05) is 6.54 Å². The normalized spacial score (nSPS) is 11.9. The van der Waals surface area contributed by atoms with Gasteiger partial charge in [-0.3, -0.25) is 4.79 Å². The van der Waals surface area contributed by atoms with E-state index < -0.39 is 11.9 Å². The molecule has 2 rings (SSSR count). The van der Waals surface area contributed by atoms with Crippen molar-refractivity contribution in [3.05, 3.63) is 59.9 Å². The molecule has 146 valence electrons. The first-order valence-corrected chi connectivity index (χ1v) is 9.44. The van der Waals surface area contributed by atoms with Crippen molar-refractivity contribution in [2.45, 2.75) is 52.2 Å². The molecule has 0 unspecified atom stereocenters. The van der Waals surface area contributed by atoms with Crippen molar-refractivity contribution in [2.24, 2.45) is 0 Å². The molecule has 0 aromatic heterocycles. The Kier molecular flexibility index (Phi) is 8.11. The summed E-state index contributed by atoms with van der Waals surface area (Å²) >= 11 is 0. The van der Waals surface area contributed by atoms with Crippen molar-refractivity contribution in [3.63, 3.8) is 0 Å². The molecule has 0 fully saturated rings. The van der Waals surface area contributed by atoms with Crippen molar-refractivity contribution in [1.82, 2.24) is 5.32 Å². The van der Waals surface area contributed by atoms with Crippen molar-refractivity contribution < 1.29 is 18.7 Å². The summed E-state index contributed by atoms with van der Waals surface area (Å²) in [6, 6.07) is 14.1. The van der Waals surface area contributed by atoms with Gasteiger partial charge in [-0.2, -0.15) is 0 Å². The lowest BCUT2D eigenvalue weighted by Gasteiger charge is -2.17. The van der Waals surface area contributed by atoms with E-state index in [0.29, 0.717) is 13.0 Å². The van der Waals surface area contributed by atoms with Gasteiger partial charge in [0.1, 0.15) is 5.75 Å². The Hall–Kier alpha value is -2.56. The number of amides is 1. The summed E-state index contributed by atoms with van der Waals surface area (Å²) in [6.07, 6.45) is 1.53. The monoisotopic (exact) mass is 373 g/mol. The van der Waals surface area contributed by atoms with Crippen LogP contribution >= 0.6 is 0 Å². The highest BCUT2D eigenvalue weighted by molar-refractivity contribution is 5.81. The average molecular weight is 373 g/mol. The molecule has 0 radical (unpaired) electrons. The van der Waals surface area contributed by atoms with Crippen LogP contribution in [0.15, 0.2) is 48.5 Å². The van der Waals surface area contributed by atoms with Crippen molar-refractivity contribution in [1.29, 1.82) is 0 Å². The van der Waals surface area contributed by atoms with Crippen LogP contribution in [-0.4, -0.2) is 24.7 Å². The minimum atomic E-state index is -0.704. The number of hydrogen-bond acceptors (Lipinski definition) is 3. The predicted molar refractivity (Wildman–Crippen MR) is 105 cm³/mol. The van der Waals surface area contributed by atoms with E-state index in [-0.39, 0.29) is 17.8 Å². The lowest BCUT2D eigenvalue weighted by Crippen LogP contribution is -2.38. The molecule has 0 bridgehead atoms. The lowest BCUT2D eigenvalue weighted by atomic mass is 10.1. The molecular formula is C22H28FNO3. The van der Waals surface area contributed by atoms with Gasteiger partial charge >= 0.3 is 0 Å². The lowest BCUT2D eigenvalue weighted by molar-refractivity contribution is -0.128. The van der Waals surface area contributed by atoms with Gasteiger partial charge in [0.15, 0.2) is 17.7 Å². The van der Waals surface area contributed by atoms with E-state index in [9.17, 15) is 9.18 Å². The van der Waals surface area contributed by atoms with E-state index >= 15 is 0 Å². The van der Waals surface area contributed by atoms with E-state index in [4.69, 9.17) is 9.47 Å². The summed E-state index contributed by atoms with van der Waals surface area (Å²) in [5.74, 6) is 0.266. The van der Waals surface area contributed by atoms with Gasteiger partial charge in [0.05, 0.1) is 6.10 Å². The fourth-order valence-corrected chi connectivity index (χ4v) is 2.68. The van der Waals surface area contributed by atoms with Crippen LogP contribution in [-0.2, 0) is 11.2 Å². The Bertz CT molecular complexity index is 733. The van der Waals surface area contributed by atoms with Gasteiger partial charge in [-0.25, -0.2) is 4.39 Å². The third kappa shape index (κ3) is 6.93. The first-order chi connectivity index (χ1) is 13.0. The first kappa shape index (κ1) is 20.7. The summed E-state index contributed by atoms with van der Waals surface area (Å²) in [5.41, 5.74) is 1.16. The van der Waals surface area contributed by atoms with E-state index in [1.807, 2.05) is 45.0 Å². The van der Waals surface area contributed by atoms with Crippen LogP contribution in [0.2, 0.25) is 0 Å². The Balaban J connectivity index is 1.78. The molecule has 0 aliphatic heterocycles. The molecule has 2 aromatic rings. The highest BCUT2D eigenvalue weighted by Gasteiger charge is 2.19. The van der Waals surface area contributed by atoms with Crippen molar-refractivity contribution in [3.8, 4) is 11.5 Å². The van der Waals surface area contributed by atoms with Gasteiger partial charge < -0.3 is 14.8 Å². The van der Waals surface area contributed by atoms with Crippen LogP contribution in [0.3, 0.4) is 0 Å². The number of hydrogen-bond donors (Lipinski definition) is 1. The molecule has 1 atom stereocenters. The SMILES string of the molecule is CC[C@H](Oc1ccccc1F)C(=O)NCCCc1cccc(OC(C)C)c1. The Morgan fingerprint density at radius 1 is 1.11 bits per heavy atom. The molecule has 5 heteroatoms. The molecule has 0 spiro atoms. The van der Waals surface area contributed by atoms with E-state index in [1.54, 1.807) is 12.1 Å². The predicted octanol–water partition coefficient (Wildman–Crippen LogP) is 4.52. The zero-order chi connectivity index (χ0) is 19.6. The standard InChI is InChI=1S/C22H28FNO3/c1-4-20(27-21-13-6-5-12-19(21)23)22(25)24-14-8-10-17-9-7-11-18(15-17)26-16(2)3/h5-7,9,11-13,15-16,20H,4,8,10,14H2,1-3H3,(H,24,25)/t20-/m0/s1. The second-order valence-electron chi connectivity index (χ2n) is 6.65. The summed E-state index contributed by atoms with van der Waals surface area (Å²) in [4.78, 5) is 12.3. The average Bonchev–Trinajstić information content (AvgIpc) is 2.64. The van der Waals surface area contributed by atoms with Gasteiger partial charge in [-0.05, 0) is 62.9 Å². The first-order valence-electron chi connectivity index (χ1n) is 9.44. The Labute approximate surface area is 160 Å². The topological polar surface area (TPSA) is 47.6 Å². The second kappa shape index (κ2) is 10.6. The van der Waals surface area contributed by atoms with Crippen LogP contribution in [0.4, 0.5) is 4.39 Å². The third-order valence-electron chi connectivity index (χ3n) is 3.98. The number of ether oxygens (including phenoxy) is 2. The molecule has 0 heterocycles. The quantitative estimate of drug-likeness (QED) is 0.623. The van der Waals surface area contributed by atoms with Gasteiger partial charge in [-0.1, -0.05) is 31.2 Å². The molecule has 1 amide bonds. The summed E-state index contributed by atoms with van der Waals surface area (Å²) in [6.45, 7) is 6.36. The second-order valence-corrected chi connectivity index (χ2v) is 6.65. The number of rotatable bonds is 10. The molecule has 0 aliphatic rings. The number of carbonyl (C=O) groups is 1. The van der Waals surface area contributed by atoms with Crippen LogP contribution in [0, 0.1) is 5.82 Å². The fourth-order valence-electron chi connectivity index (χ4n) is 2.68. The smallest absolute Gasteiger partial charge is 0.261 e. The Morgan fingerprint density at radius 3 is 2.59 bits per heavy atom. The maximum atomic E-state index is 13.7. The largest absolute Gasteiger partial charge is 0.491 e. The van der Waals surface area contributed by atoms with Gasteiger partial charge in [0.25, 0.3) is 5.91 Å². The maximum Gasteiger partial charge on any atom is 0.261 e. The van der Waals surface area contributed by atoms with Crippen LogP contribution in [0.1, 0.15) is 39.2 Å². The molecule has 1 N–H and O–H groups in total. The number of carbonyl (C=O) groups excluding carboxylic acids is 1. The molecule has 0 saturated heterocycles. The number of nitrogens with one attached hydrogen (secondary N) is 1. The van der Waals surface area contributed by atoms with Crippen LogP contribution < -0.4 is 14.8 Å². The van der Waals surface area contributed by atoms with Crippen LogP contribution in [0.25, 0.3) is 0 Å². The number of halogens is 1. The molecule has 0 saturated carbocycles. The van der Waals surface area contributed by atoms with Gasteiger partial charge in [-0.15, -0.1) is 0 Å². The Morgan fingerprint density at radius 2 is 1.89 bits per heavy atom. The minimum Gasteiger partial charge on any atom is -0.491 e. The minimum absolute atomic E-state index is 0.0986. The summed E-state index contributed by atoms with van der Waals surface area (Å²) in [7, 11) is 0. The summed E-state index contributed by atoms with van der Waals surface area (Å²) in [5, 5.41) is 2.87. The highest BCUT2D eigenvalue weighted by Crippen LogP contribution is 2.18.